The lowest BCUT2D eigenvalue weighted by atomic mass is 10.3. The van der Waals surface area contributed by atoms with Gasteiger partial charge in [0, 0.05) is 20.0 Å². The van der Waals surface area contributed by atoms with E-state index < -0.39 is 6.03 Å². The van der Waals surface area contributed by atoms with Gasteiger partial charge in [0.2, 0.25) is 11.8 Å². The van der Waals surface area contributed by atoms with Crippen LogP contribution in [0, 0.1) is 0 Å². The van der Waals surface area contributed by atoms with E-state index >= 15 is 0 Å². The smallest absolute Gasteiger partial charge is 0.324 e. The van der Waals surface area contributed by atoms with Crippen LogP contribution in [0.5, 0.6) is 0 Å². The Morgan fingerprint density at radius 2 is 2.31 bits per heavy atom. The van der Waals surface area contributed by atoms with E-state index in [1.165, 1.54) is 7.05 Å². The molecule has 0 saturated carbocycles. The van der Waals surface area contributed by atoms with Crippen molar-refractivity contribution < 1.29 is 14.4 Å². The number of hydrogen-bond acceptors (Lipinski definition) is 3. The normalized spacial score (nSPS) is 15.9. The van der Waals surface area contributed by atoms with Gasteiger partial charge in [0.1, 0.15) is 0 Å². The minimum absolute atomic E-state index is 0.0343. The summed E-state index contributed by atoms with van der Waals surface area (Å²) in [4.78, 5) is 33.8. The molecule has 0 radical (unpaired) electrons. The number of rotatable bonds is 3. The molecule has 1 rings (SSSR count). The van der Waals surface area contributed by atoms with Crippen molar-refractivity contribution in [2.75, 3.05) is 20.1 Å². The Hall–Kier alpha value is -1.59. The van der Waals surface area contributed by atoms with E-state index in [2.05, 4.69) is 10.6 Å². The lowest BCUT2D eigenvalue weighted by Crippen LogP contribution is -2.34. The lowest BCUT2D eigenvalue weighted by molar-refractivity contribution is -0.125. The molecule has 0 bridgehead atoms. The van der Waals surface area contributed by atoms with Crippen molar-refractivity contribution in [1.29, 1.82) is 0 Å². The highest BCUT2D eigenvalue weighted by molar-refractivity contribution is 6.02. The first-order chi connectivity index (χ1) is 6.15. The molecule has 6 nitrogen and oxygen atoms in total. The van der Waals surface area contributed by atoms with Gasteiger partial charge in [0.05, 0.1) is 6.54 Å². The van der Waals surface area contributed by atoms with E-state index in [4.69, 9.17) is 0 Å². The number of imide groups is 1. The van der Waals surface area contributed by atoms with Gasteiger partial charge in [-0.25, -0.2) is 4.79 Å². The van der Waals surface area contributed by atoms with Crippen LogP contribution in [0.1, 0.15) is 6.42 Å². The van der Waals surface area contributed by atoms with Crippen LogP contribution in [-0.4, -0.2) is 42.9 Å². The molecule has 1 aliphatic heterocycles. The summed E-state index contributed by atoms with van der Waals surface area (Å²) in [5.41, 5.74) is 0. The van der Waals surface area contributed by atoms with Gasteiger partial charge in [-0.2, -0.15) is 0 Å². The van der Waals surface area contributed by atoms with Crippen molar-refractivity contribution in [1.82, 2.24) is 15.5 Å². The maximum Gasteiger partial charge on any atom is 0.324 e. The van der Waals surface area contributed by atoms with Crippen LogP contribution in [0.2, 0.25) is 0 Å². The van der Waals surface area contributed by atoms with Crippen LogP contribution in [0.4, 0.5) is 4.79 Å². The second-order valence-corrected chi connectivity index (χ2v) is 2.63. The summed E-state index contributed by atoms with van der Waals surface area (Å²) in [6.07, 6.45) is 0.148. The third kappa shape index (κ3) is 2.17. The molecule has 1 saturated heterocycles. The van der Waals surface area contributed by atoms with Gasteiger partial charge >= 0.3 is 6.03 Å². The molecular formula is C7H11N3O3. The fourth-order valence-corrected chi connectivity index (χ4v) is 1.02. The van der Waals surface area contributed by atoms with Crippen LogP contribution in [-0.2, 0) is 9.59 Å². The topological polar surface area (TPSA) is 78.5 Å². The Morgan fingerprint density at radius 1 is 1.62 bits per heavy atom. The highest BCUT2D eigenvalue weighted by Gasteiger charge is 2.28. The summed E-state index contributed by atoms with van der Waals surface area (Å²) >= 11 is 0. The van der Waals surface area contributed by atoms with Crippen molar-refractivity contribution in [3.8, 4) is 0 Å². The Bertz CT molecular complexity index is 235. The van der Waals surface area contributed by atoms with E-state index in [0.717, 1.165) is 4.90 Å². The number of hydrogen-bond donors (Lipinski definition) is 2. The molecule has 0 aromatic carbocycles. The largest absolute Gasteiger partial charge is 0.359 e. The molecule has 72 valence electrons. The average molecular weight is 185 g/mol. The second-order valence-electron chi connectivity index (χ2n) is 2.63. The summed E-state index contributed by atoms with van der Waals surface area (Å²) in [7, 11) is 1.51. The summed E-state index contributed by atoms with van der Waals surface area (Å²) in [5, 5.41) is 4.78. The van der Waals surface area contributed by atoms with E-state index in [9.17, 15) is 14.4 Å². The predicted molar refractivity (Wildman–Crippen MR) is 43.8 cm³/mol. The molecule has 1 heterocycles. The van der Waals surface area contributed by atoms with Crippen molar-refractivity contribution in [2.24, 2.45) is 0 Å². The molecule has 0 aromatic heterocycles. The van der Waals surface area contributed by atoms with Gasteiger partial charge < -0.3 is 10.6 Å². The van der Waals surface area contributed by atoms with E-state index in [1.54, 1.807) is 0 Å². The fraction of sp³-hybridized carbons (Fsp3) is 0.571. The van der Waals surface area contributed by atoms with Gasteiger partial charge in [-0.05, 0) is 0 Å². The molecule has 1 aliphatic rings. The van der Waals surface area contributed by atoms with Crippen molar-refractivity contribution in [3.63, 3.8) is 0 Å². The second kappa shape index (κ2) is 3.88. The predicted octanol–water partition coefficient (Wildman–Crippen LogP) is -1.33. The third-order valence-electron chi connectivity index (χ3n) is 1.78. The number of nitrogens with zero attached hydrogens (tertiary/aromatic N) is 1. The number of nitrogens with one attached hydrogen (secondary N) is 2. The molecular weight excluding hydrogens is 174 g/mol. The zero-order valence-corrected chi connectivity index (χ0v) is 7.29. The molecule has 0 aromatic rings. The summed E-state index contributed by atoms with van der Waals surface area (Å²) in [6, 6.07) is -0.422. The van der Waals surface area contributed by atoms with E-state index in [-0.39, 0.29) is 31.3 Å². The summed E-state index contributed by atoms with van der Waals surface area (Å²) in [6.45, 7) is 0.177. The highest BCUT2D eigenvalue weighted by Crippen LogP contribution is 1.99. The minimum atomic E-state index is -0.422. The van der Waals surface area contributed by atoms with Crippen LogP contribution in [0.3, 0.4) is 0 Å². The van der Waals surface area contributed by atoms with E-state index in [1.807, 2.05) is 0 Å². The van der Waals surface area contributed by atoms with Crippen LogP contribution in [0.15, 0.2) is 0 Å². The monoisotopic (exact) mass is 185 g/mol. The van der Waals surface area contributed by atoms with Crippen molar-refractivity contribution in [3.05, 3.63) is 0 Å². The molecule has 0 unspecified atom stereocenters. The van der Waals surface area contributed by atoms with Crippen LogP contribution >= 0.6 is 0 Å². The minimum Gasteiger partial charge on any atom is -0.359 e. The fourth-order valence-electron chi connectivity index (χ4n) is 1.02. The molecule has 13 heavy (non-hydrogen) atoms. The molecule has 6 heteroatoms. The number of urea groups is 1. The standard InChI is InChI=1S/C7H11N3O3/c1-8-5(11)2-3-10-6(12)4-9-7(10)13/h2-4H2,1H3,(H,8,11)(H,9,13). The number of carbonyl (C=O) groups is 3. The Labute approximate surface area is 75.3 Å². The molecule has 1 fully saturated rings. The first-order valence-electron chi connectivity index (χ1n) is 3.94. The molecule has 0 spiro atoms. The van der Waals surface area contributed by atoms with Crippen molar-refractivity contribution >= 4 is 17.8 Å². The average Bonchev–Trinajstić information content (AvgIpc) is 2.43. The maximum absolute atomic E-state index is 11.0. The van der Waals surface area contributed by atoms with Gasteiger partial charge in [-0.15, -0.1) is 0 Å². The number of carbonyl (C=O) groups excluding carboxylic acids is 3. The summed E-state index contributed by atoms with van der Waals surface area (Å²) in [5.74, 6) is -0.471. The van der Waals surface area contributed by atoms with Gasteiger partial charge in [0.15, 0.2) is 0 Å². The van der Waals surface area contributed by atoms with Crippen LogP contribution < -0.4 is 10.6 Å². The van der Waals surface area contributed by atoms with Crippen molar-refractivity contribution in [2.45, 2.75) is 6.42 Å². The zero-order chi connectivity index (χ0) is 9.84. The number of amides is 4. The Morgan fingerprint density at radius 3 is 2.77 bits per heavy atom. The third-order valence-corrected chi connectivity index (χ3v) is 1.78. The Balaban J connectivity index is 2.40. The van der Waals surface area contributed by atoms with Gasteiger partial charge in [-0.3, -0.25) is 14.5 Å². The quantitative estimate of drug-likeness (QED) is 0.535. The molecule has 0 aliphatic carbocycles. The molecule has 2 N–H and O–H groups in total. The van der Waals surface area contributed by atoms with E-state index in [0.29, 0.717) is 0 Å². The highest BCUT2D eigenvalue weighted by atomic mass is 16.2. The Kier molecular flexibility index (Phi) is 2.84. The lowest BCUT2D eigenvalue weighted by Gasteiger charge is -2.10. The van der Waals surface area contributed by atoms with Crippen LogP contribution in [0.25, 0.3) is 0 Å². The van der Waals surface area contributed by atoms with Gasteiger partial charge in [0.25, 0.3) is 0 Å². The molecule has 0 atom stereocenters. The SMILES string of the molecule is CNC(=O)CCN1C(=O)CNC1=O. The van der Waals surface area contributed by atoms with Gasteiger partial charge in [-0.1, -0.05) is 0 Å². The first-order valence-corrected chi connectivity index (χ1v) is 3.94. The zero-order valence-electron chi connectivity index (χ0n) is 7.29. The maximum atomic E-state index is 11.0. The summed E-state index contributed by atoms with van der Waals surface area (Å²) < 4.78 is 0. The molecule has 4 amide bonds. The first kappa shape index (κ1) is 9.50.